The fourth-order valence-corrected chi connectivity index (χ4v) is 12.5. The van der Waals surface area contributed by atoms with Gasteiger partial charge in [0.1, 0.15) is 0 Å². The zero-order chi connectivity index (χ0) is 27.1. The van der Waals surface area contributed by atoms with Crippen LogP contribution >= 0.6 is 0 Å². The van der Waals surface area contributed by atoms with Crippen LogP contribution in [0.3, 0.4) is 0 Å². The van der Waals surface area contributed by atoms with Gasteiger partial charge in [-0.25, -0.2) is 12.1 Å². The third kappa shape index (κ3) is 12.3. The van der Waals surface area contributed by atoms with Gasteiger partial charge in [0.15, 0.2) is 0 Å². The molecule has 0 radical (unpaired) electrons. The van der Waals surface area contributed by atoms with Gasteiger partial charge in [-0.3, -0.25) is 0 Å². The summed E-state index contributed by atoms with van der Waals surface area (Å²) in [6.45, 7) is 23.0. The van der Waals surface area contributed by atoms with Crippen molar-refractivity contribution in [3.63, 3.8) is 0 Å². The largest absolute Gasteiger partial charge is 1.00 e. The van der Waals surface area contributed by atoms with Gasteiger partial charge in [0.25, 0.3) is 0 Å². The molecule has 0 unspecified atom stereocenters. The van der Waals surface area contributed by atoms with Gasteiger partial charge in [-0.1, -0.05) is 76.3 Å². The molecular formula is C34H48Cl2SiZr-2. The molecule has 38 heavy (non-hydrogen) atoms. The number of fused-ring (bicyclic) bond motifs is 3. The molecule has 0 spiro atoms. The number of hydrogen-bond donors (Lipinski definition) is 0. The van der Waals surface area contributed by atoms with Crippen molar-refractivity contribution in [1.29, 1.82) is 0 Å². The molecule has 0 atom stereocenters. The molecule has 0 bridgehead atoms. The van der Waals surface area contributed by atoms with Crippen LogP contribution in [-0.2, 0) is 40.6 Å². The third-order valence-corrected chi connectivity index (χ3v) is 12.0. The molecule has 1 aliphatic rings. The summed E-state index contributed by atoms with van der Waals surface area (Å²) in [5.74, 6) is 1.87. The average molecular weight is 647 g/mol. The maximum atomic E-state index is 3.53. The SMILES string of the molecule is CC(C)(C)c1c[c-]c2c(c1)-c1cc(C(C)(C)C)ccc1C2.CC(C)C[Si](=[Zr+2])CC(C)C.[Cl-].[Cl-].c1cc[cH-]c1. The van der Waals surface area contributed by atoms with Crippen LogP contribution in [-0.4, -0.2) is 5.43 Å². The van der Waals surface area contributed by atoms with E-state index in [0.717, 1.165) is 18.3 Å². The minimum atomic E-state index is 0. The summed E-state index contributed by atoms with van der Waals surface area (Å²) in [7, 11) is 0. The van der Waals surface area contributed by atoms with Crippen molar-refractivity contribution in [3.05, 3.63) is 89.0 Å². The van der Waals surface area contributed by atoms with E-state index in [1.807, 2.05) is 53.7 Å². The fraction of sp³-hybridized carbons (Fsp3) is 0.500. The Bertz CT molecular complexity index is 1010. The normalized spacial score (nSPS) is 11.7. The van der Waals surface area contributed by atoms with Gasteiger partial charge in [0, 0.05) is 0 Å². The van der Waals surface area contributed by atoms with E-state index in [0.29, 0.717) is 0 Å². The van der Waals surface area contributed by atoms with Gasteiger partial charge < -0.3 is 24.8 Å². The molecule has 3 aromatic carbocycles. The standard InChI is InChI=1S/C21H25.C8H18Si.C5H5.2ClH.Zr/c1-20(2,3)16-9-7-14-11-15-8-10-17(21(4,5)6)13-19(15)18(14)12-16;1-7(2)5-9-6-8(3)4;1-2-4-5-3-1;;;/h7,9-10,12-13H,11H2,1-6H3;7-8H,5-6H2,1-4H3;1-5H;2*1H;/q-1;;-1;;;+2/p-2. The van der Waals surface area contributed by atoms with Crippen molar-refractivity contribution in [2.24, 2.45) is 11.8 Å². The molecule has 1 aliphatic carbocycles. The van der Waals surface area contributed by atoms with Gasteiger partial charge >= 0.3 is 80.4 Å². The fourth-order valence-electron chi connectivity index (χ4n) is 4.37. The summed E-state index contributed by atoms with van der Waals surface area (Å²) in [6, 6.07) is 28.1. The Morgan fingerprint density at radius 1 is 0.816 bits per heavy atom. The molecule has 4 rings (SSSR count). The van der Waals surface area contributed by atoms with Crippen LogP contribution in [0.1, 0.15) is 91.5 Å². The maximum Gasteiger partial charge on any atom is -0.172 e. The van der Waals surface area contributed by atoms with Crippen LogP contribution < -0.4 is 24.8 Å². The molecule has 208 valence electrons. The molecule has 0 aromatic heterocycles. The Kier molecular flexibility index (Phi) is 16.4. The van der Waals surface area contributed by atoms with Crippen molar-refractivity contribution >= 4 is 5.43 Å². The summed E-state index contributed by atoms with van der Waals surface area (Å²) in [6.07, 6.45) is 1.03. The predicted octanol–water partition coefficient (Wildman–Crippen LogP) is 3.90. The first-order chi connectivity index (χ1) is 16.7. The molecular weight excluding hydrogens is 599 g/mol. The minimum absolute atomic E-state index is 0. The first-order valence-corrected chi connectivity index (χ1v) is 19.2. The van der Waals surface area contributed by atoms with Crippen molar-refractivity contribution in [3.8, 4) is 11.1 Å². The Labute approximate surface area is 262 Å². The van der Waals surface area contributed by atoms with Crippen molar-refractivity contribution in [2.75, 3.05) is 0 Å². The van der Waals surface area contributed by atoms with Gasteiger partial charge in [0.05, 0.1) is 0 Å². The van der Waals surface area contributed by atoms with E-state index in [2.05, 4.69) is 106 Å². The van der Waals surface area contributed by atoms with Crippen LogP contribution in [0.15, 0.2) is 60.7 Å². The van der Waals surface area contributed by atoms with Crippen LogP contribution in [0.4, 0.5) is 0 Å². The molecule has 0 N–H and O–H groups in total. The smallest absolute Gasteiger partial charge is 0.172 e. The average Bonchev–Trinajstić information content (AvgIpc) is 3.42. The van der Waals surface area contributed by atoms with Crippen LogP contribution in [0, 0.1) is 17.9 Å². The molecule has 3 aromatic rings. The third-order valence-electron chi connectivity index (χ3n) is 6.39. The summed E-state index contributed by atoms with van der Waals surface area (Å²) in [5, 5.41) is 0. The monoisotopic (exact) mass is 644 g/mol. The van der Waals surface area contributed by atoms with E-state index in [9.17, 15) is 0 Å². The Hall–Kier alpha value is -0.530. The second-order valence-corrected chi connectivity index (χ2v) is 20.3. The van der Waals surface area contributed by atoms with Crippen LogP contribution in [0.5, 0.6) is 0 Å². The van der Waals surface area contributed by atoms with E-state index < -0.39 is 0 Å². The summed E-state index contributed by atoms with van der Waals surface area (Å²) >= 11 is 1.83. The topological polar surface area (TPSA) is 0 Å². The van der Waals surface area contributed by atoms with E-state index in [1.165, 1.54) is 45.5 Å². The predicted molar refractivity (Wildman–Crippen MR) is 158 cm³/mol. The second-order valence-electron chi connectivity index (χ2n) is 13.1. The molecule has 0 nitrogen and oxygen atoms in total. The van der Waals surface area contributed by atoms with Crippen molar-refractivity contribution in [2.45, 2.75) is 98.6 Å². The molecule has 0 amide bonds. The quantitative estimate of drug-likeness (QED) is 0.233. The van der Waals surface area contributed by atoms with Gasteiger partial charge in [-0.2, -0.15) is 47.5 Å². The number of hydrogen-bond acceptors (Lipinski definition) is 0. The second kappa shape index (κ2) is 16.7. The van der Waals surface area contributed by atoms with Gasteiger partial charge in [0.2, 0.25) is 0 Å². The molecule has 0 aliphatic heterocycles. The maximum absolute atomic E-state index is 3.53. The van der Waals surface area contributed by atoms with E-state index in [1.54, 1.807) is 0 Å². The summed E-state index contributed by atoms with van der Waals surface area (Å²) in [4.78, 5) is 0. The number of rotatable bonds is 4. The van der Waals surface area contributed by atoms with Crippen LogP contribution in [0.25, 0.3) is 11.1 Å². The Balaban J connectivity index is 0.000000676. The van der Waals surface area contributed by atoms with E-state index in [-0.39, 0.29) is 41.1 Å². The number of halogens is 2. The minimum Gasteiger partial charge on any atom is -1.00 e. The Morgan fingerprint density at radius 3 is 1.74 bits per heavy atom. The van der Waals surface area contributed by atoms with Crippen molar-refractivity contribution in [1.82, 2.24) is 0 Å². The molecule has 4 heteroatoms. The summed E-state index contributed by atoms with van der Waals surface area (Å²) < 4.78 is 0. The molecule has 0 saturated carbocycles. The zero-order valence-corrected chi connectivity index (χ0v) is 30.3. The molecule has 0 heterocycles. The Morgan fingerprint density at radius 2 is 1.32 bits per heavy atom. The van der Waals surface area contributed by atoms with Gasteiger partial charge in [-0.05, 0) is 17.4 Å². The zero-order valence-electron chi connectivity index (χ0n) is 25.3. The van der Waals surface area contributed by atoms with Crippen molar-refractivity contribution < 1.29 is 48.1 Å². The number of benzene rings is 2. The summed E-state index contributed by atoms with van der Waals surface area (Å²) in [5.41, 5.74) is 8.86. The first-order valence-electron chi connectivity index (χ1n) is 13.6. The molecule has 0 saturated heterocycles. The molecule has 0 fully saturated rings. The van der Waals surface area contributed by atoms with E-state index in [4.69, 9.17) is 0 Å². The first kappa shape index (κ1) is 37.5. The van der Waals surface area contributed by atoms with Crippen LogP contribution in [0.2, 0.25) is 12.1 Å². The van der Waals surface area contributed by atoms with E-state index >= 15 is 0 Å². The van der Waals surface area contributed by atoms with Gasteiger partial charge in [-0.15, -0.1) is 5.56 Å².